The van der Waals surface area contributed by atoms with Crippen molar-refractivity contribution in [1.29, 1.82) is 0 Å². The van der Waals surface area contributed by atoms with Crippen molar-refractivity contribution >= 4 is 21.6 Å². The largest absolute Gasteiger partial charge is 0.496 e. The molecule has 2 aromatic carbocycles. The number of carbonyl (C=O) groups is 1. The predicted molar refractivity (Wildman–Crippen MR) is 117 cm³/mol. The highest BCUT2D eigenvalue weighted by Crippen LogP contribution is 2.27. The highest BCUT2D eigenvalue weighted by Gasteiger charge is 2.31. The summed E-state index contributed by atoms with van der Waals surface area (Å²) < 4.78 is 38.7. The molecule has 4 rings (SSSR count). The van der Waals surface area contributed by atoms with E-state index in [-0.39, 0.29) is 16.4 Å². The Morgan fingerprint density at radius 3 is 2.26 bits per heavy atom. The second kappa shape index (κ2) is 9.25. The molecule has 2 heterocycles. The zero-order valence-electron chi connectivity index (χ0n) is 17.6. The van der Waals surface area contributed by atoms with Gasteiger partial charge in [-0.2, -0.15) is 4.31 Å². The van der Waals surface area contributed by atoms with Crippen LogP contribution in [0.15, 0.2) is 53.4 Å². The third kappa shape index (κ3) is 4.53. The number of amides is 1. The maximum atomic E-state index is 13.3. The molecule has 0 saturated carbocycles. The Balaban J connectivity index is 1.53. The minimum absolute atomic E-state index is 0.109. The van der Waals surface area contributed by atoms with Gasteiger partial charge in [0.25, 0.3) is 5.91 Å². The molecule has 2 fully saturated rings. The smallest absolute Gasteiger partial charge is 0.257 e. The third-order valence-electron chi connectivity index (χ3n) is 5.70. The summed E-state index contributed by atoms with van der Waals surface area (Å²) in [5, 5.41) is 0. The number of anilines is 1. The van der Waals surface area contributed by atoms with Crippen LogP contribution in [0.2, 0.25) is 0 Å². The van der Waals surface area contributed by atoms with Crippen LogP contribution in [0.4, 0.5) is 5.69 Å². The number of hydrogen-bond donors (Lipinski definition) is 0. The van der Waals surface area contributed by atoms with Crippen LogP contribution in [0.3, 0.4) is 0 Å². The van der Waals surface area contributed by atoms with Crippen LogP contribution in [0.25, 0.3) is 0 Å². The van der Waals surface area contributed by atoms with Crippen molar-refractivity contribution in [2.45, 2.75) is 4.90 Å². The number of hydrogen-bond acceptors (Lipinski definition) is 6. The summed E-state index contributed by atoms with van der Waals surface area (Å²) in [6, 6.07) is 14.5. The molecule has 0 unspecified atom stereocenters. The first-order valence-electron chi connectivity index (χ1n) is 10.4. The predicted octanol–water partition coefficient (Wildman–Crippen LogP) is 1.68. The standard InChI is InChI=1S/C22H27N3O5S/c1-29-21-8-7-19(17-20(21)22(26)24-13-15-30-16-14-24)31(27,28)25-11-9-23(10-12-25)18-5-3-2-4-6-18/h2-8,17H,9-16H2,1H3. The van der Waals surface area contributed by atoms with Crippen LogP contribution in [0, 0.1) is 0 Å². The van der Waals surface area contributed by atoms with E-state index in [9.17, 15) is 13.2 Å². The van der Waals surface area contributed by atoms with Crippen molar-refractivity contribution in [2.75, 3.05) is 64.5 Å². The lowest BCUT2D eigenvalue weighted by Crippen LogP contribution is -2.48. The molecule has 1 amide bonds. The highest BCUT2D eigenvalue weighted by atomic mass is 32.2. The molecule has 0 bridgehead atoms. The van der Waals surface area contributed by atoms with Crippen molar-refractivity contribution in [3.8, 4) is 5.75 Å². The van der Waals surface area contributed by atoms with E-state index in [2.05, 4.69) is 4.90 Å². The summed E-state index contributed by atoms with van der Waals surface area (Å²) in [4.78, 5) is 17.0. The Morgan fingerprint density at radius 2 is 1.61 bits per heavy atom. The summed E-state index contributed by atoms with van der Waals surface area (Å²) in [6.07, 6.45) is 0. The number of piperazine rings is 1. The number of sulfonamides is 1. The topological polar surface area (TPSA) is 79.4 Å². The van der Waals surface area contributed by atoms with Gasteiger partial charge >= 0.3 is 0 Å². The summed E-state index contributed by atoms with van der Waals surface area (Å²) in [6.45, 7) is 3.88. The van der Waals surface area contributed by atoms with Crippen molar-refractivity contribution in [1.82, 2.24) is 9.21 Å². The summed E-state index contributed by atoms with van der Waals surface area (Å²) >= 11 is 0. The Kier molecular flexibility index (Phi) is 6.45. The quantitative estimate of drug-likeness (QED) is 0.697. The van der Waals surface area contributed by atoms with Crippen molar-refractivity contribution in [2.24, 2.45) is 0 Å². The molecule has 2 aromatic rings. The molecule has 2 aliphatic rings. The first kappa shape index (κ1) is 21.6. The first-order valence-corrected chi connectivity index (χ1v) is 11.8. The van der Waals surface area contributed by atoms with Gasteiger partial charge < -0.3 is 19.3 Å². The Labute approximate surface area is 183 Å². The first-order chi connectivity index (χ1) is 15.0. The van der Waals surface area contributed by atoms with Crippen LogP contribution >= 0.6 is 0 Å². The molecule has 0 aromatic heterocycles. The maximum absolute atomic E-state index is 13.3. The third-order valence-corrected chi connectivity index (χ3v) is 7.59. The number of methoxy groups -OCH3 is 1. The SMILES string of the molecule is COc1ccc(S(=O)(=O)N2CCN(c3ccccc3)CC2)cc1C(=O)N1CCOCC1. The molecule has 31 heavy (non-hydrogen) atoms. The summed E-state index contributed by atoms with van der Waals surface area (Å²) in [7, 11) is -2.25. The fraction of sp³-hybridized carbons (Fsp3) is 0.409. The molecule has 8 nitrogen and oxygen atoms in total. The number of rotatable bonds is 5. The van der Waals surface area contributed by atoms with Gasteiger partial charge in [-0.25, -0.2) is 8.42 Å². The minimum Gasteiger partial charge on any atom is -0.496 e. The van der Waals surface area contributed by atoms with Crippen molar-refractivity contribution < 1.29 is 22.7 Å². The Bertz CT molecular complexity index is 1010. The lowest BCUT2D eigenvalue weighted by molar-refractivity contribution is 0.0300. The molecular formula is C22H27N3O5S. The number of para-hydroxylation sites is 1. The Hall–Kier alpha value is -2.62. The van der Waals surface area contributed by atoms with E-state index in [1.165, 1.54) is 23.5 Å². The fourth-order valence-corrected chi connectivity index (χ4v) is 5.37. The van der Waals surface area contributed by atoms with Gasteiger partial charge in [-0.15, -0.1) is 0 Å². The van der Waals surface area contributed by atoms with Gasteiger partial charge in [0.05, 0.1) is 30.8 Å². The van der Waals surface area contributed by atoms with Crippen LogP contribution in [0.5, 0.6) is 5.75 Å². The van der Waals surface area contributed by atoms with Crippen molar-refractivity contribution in [3.63, 3.8) is 0 Å². The number of nitrogens with zero attached hydrogens (tertiary/aromatic N) is 3. The van der Waals surface area contributed by atoms with Gasteiger partial charge in [0.1, 0.15) is 5.75 Å². The van der Waals surface area contributed by atoms with Gasteiger partial charge in [0.15, 0.2) is 0 Å². The van der Waals surface area contributed by atoms with Crippen LogP contribution in [-0.2, 0) is 14.8 Å². The highest BCUT2D eigenvalue weighted by molar-refractivity contribution is 7.89. The number of ether oxygens (including phenoxy) is 2. The molecule has 0 atom stereocenters. The normalized spacial score (nSPS) is 18.1. The average molecular weight is 446 g/mol. The van der Waals surface area contributed by atoms with Crippen LogP contribution in [0.1, 0.15) is 10.4 Å². The lowest BCUT2D eigenvalue weighted by Gasteiger charge is -2.35. The molecule has 0 N–H and O–H groups in total. The van der Waals surface area contributed by atoms with Crippen LogP contribution < -0.4 is 9.64 Å². The molecule has 0 radical (unpaired) electrons. The van der Waals surface area contributed by atoms with Gasteiger partial charge in [-0.3, -0.25) is 4.79 Å². The average Bonchev–Trinajstić information content (AvgIpc) is 2.84. The second-order valence-electron chi connectivity index (χ2n) is 7.49. The summed E-state index contributed by atoms with van der Waals surface area (Å²) in [5.74, 6) is 0.121. The van der Waals surface area contributed by atoms with E-state index < -0.39 is 10.0 Å². The molecule has 166 valence electrons. The van der Waals surface area contributed by atoms with Gasteiger partial charge in [0, 0.05) is 45.0 Å². The van der Waals surface area contributed by atoms with E-state index in [4.69, 9.17) is 9.47 Å². The van der Waals surface area contributed by atoms with Crippen molar-refractivity contribution in [3.05, 3.63) is 54.1 Å². The molecule has 0 spiro atoms. The molecule has 2 aliphatic heterocycles. The Morgan fingerprint density at radius 1 is 0.935 bits per heavy atom. The van der Waals surface area contributed by atoms with Gasteiger partial charge in [0.2, 0.25) is 10.0 Å². The van der Waals surface area contributed by atoms with Gasteiger partial charge in [-0.1, -0.05) is 18.2 Å². The maximum Gasteiger partial charge on any atom is 0.257 e. The fourth-order valence-electron chi connectivity index (χ4n) is 3.93. The van der Waals surface area contributed by atoms with E-state index in [1.807, 2.05) is 30.3 Å². The zero-order chi connectivity index (χ0) is 21.8. The molecule has 2 saturated heterocycles. The second-order valence-corrected chi connectivity index (χ2v) is 9.43. The zero-order valence-corrected chi connectivity index (χ0v) is 18.4. The monoisotopic (exact) mass is 445 g/mol. The lowest BCUT2D eigenvalue weighted by atomic mass is 10.1. The van der Waals surface area contributed by atoms with E-state index >= 15 is 0 Å². The van der Waals surface area contributed by atoms with Crippen LogP contribution in [-0.4, -0.2) is 83.1 Å². The van der Waals surface area contributed by atoms with E-state index in [1.54, 1.807) is 11.0 Å². The molecule has 9 heteroatoms. The number of benzene rings is 2. The summed E-state index contributed by atoms with van der Waals surface area (Å²) in [5.41, 5.74) is 1.34. The molecular weight excluding hydrogens is 418 g/mol. The van der Waals surface area contributed by atoms with Gasteiger partial charge in [-0.05, 0) is 30.3 Å². The molecule has 0 aliphatic carbocycles. The van der Waals surface area contributed by atoms with E-state index in [0.29, 0.717) is 58.2 Å². The van der Waals surface area contributed by atoms with E-state index in [0.717, 1.165) is 5.69 Å². The minimum atomic E-state index is -3.72. The number of morpholine rings is 1. The number of carbonyl (C=O) groups excluding carboxylic acids is 1.